The van der Waals surface area contributed by atoms with Crippen LogP contribution in [0.5, 0.6) is 0 Å². The summed E-state index contributed by atoms with van der Waals surface area (Å²) in [5.74, 6) is 0. The average molecular weight is 151 g/mol. The summed E-state index contributed by atoms with van der Waals surface area (Å²) in [7, 11) is 1.79. The number of hydrogen-bond donors (Lipinski definition) is 0. The third-order valence-corrected chi connectivity index (χ3v) is 1.29. The van der Waals surface area contributed by atoms with Gasteiger partial charge in [0.15, 0.2) is 0 Å². The Labute approximate surface area is 69.5 Å². The highest BCUT2D eigenvalue weighted by molar-refractivity contribution is 5.83. The van der Waals surface area contributed by atoms with E-state index < -0.39 is 0 Å². The van der Waals surface area contributed by atoms with Gasteiger partial charge in [0.1, 0.15) is 0 Å². The maximum Gasteiger partial charge on any atom is 0.0280 e. The second-order valence-corrected chi connectivity index (χ2v) is 3.06. The van der Waals surface area contributed by atoms with Crippen LogP contribution in [-0.4, -0.2) is 13.3 Å². The zero-order valence-electron chi connectivity index (χ0n) is 8.10. The molecule has 11 heavy (non-hydrogen) atoms. The number of allylic oxidation sites excluding steroid dienone is 4. The molecule has 1 heteroatoms. The molecule has 0 aliphatic rings. The maximum absolute atomic E-state index is 3.98. The molecule has 0 saturated heterocycles. The highest BCUT2D eigenvalue weighted by Gasteiger charge is 1.89. The van der Waals surface area contributed by atoms with Gasteiger partial charge in [-0.05, 0) is 33.3 Å². The molecule has 0 aromatic carbocycles. The average Bonchev–Trinajstić information content (AvgIpc) is 1.86. The molecular formula is C10H17N. The van der Waals surface area contributed by atoms with E-state index in [4.69, 9.17) is 0 Å². The van der Waals surface area contributed by atoms with Crippen molar-refractivity contribution >= 4 is 6.21 Å². The zero-order valence-corrected chi connectivity index (χ0v) is 8.10. The molecule has 0 heterocycles. The van der Waals surface area contributed by atoms with Crippen LogP contribution in [0.1, 0.15) is 27.7 Å². The molecule has 0 radical (unpaired) electrons. The second-order valence-electron chi connectivity index (χ2n) is 3.06. The van der Waals surface area contributed by atoms with E-state index in [1.807, 2.05) is 6.21 Å². The second kappa shape index (κ2) is 4.89. The van der Waals surface area contributed by atoms with Gasteiger partial charge in [0.05, 0.1) is 0 Å². The highest BCUT2D eigenvalue weighted by atomic mass is 14.6. The Morgan fingerprint density at radius 3 is 1.91 bits per heavy atom. The first-order valence-corrected chi connectivity index (χ1v) is 3.82. The summed E-state index contributed by atoms with van der Waals surface area (Å²) < 4.78 is 0. The van der Waals surface area contributed by atoms with Gasteiger partial charge in [0.25, 0.3) is 0 Å². The van der Waals surface area contributed by atoms with Gasteiger partial charge >= 0.3 is 0 Å². The number of nitrogens with zero attached hydrogens (tertiary/aromatic N) is 1. The molecule has 0 aliphatic heterocycles. The SMILES string of the molecule is CN=CC(C=C(C)C)=C(C)C. The Bertz CT molecular complexity index is 199. The Balaban J connectivity index is 4.65. The molecular weight excluding hydrogens is 134 g/mol. The maximum atomic E-state index is 3.98. The summed E-state index contributed by atoms with van der Waals surface area (Å²) in [6.07, 6.45) is 4.03. The van der Waals surface area contributed by atoms with Crippen LogP contribution in [0.2, 0.25) is 0 Å². The third-order valence-electron chi connectivity index (χ3n) is 1.29. The molecule has 0 aromatic rings. The first-order chi connectivity index (χ1) is 5.07. The van der Waals surface area contributed by atoms with Crippen LogP contribution in [0.3, 0.4) is 0 Å². The van der Waals surface area contributed by atoms with Crippen molar-refractivity contribution in [2.45, 2.75) is 27.7 Å². The highest BCUT2D eigenvalue weighted by Crippen LogP contribution is 2.05. The van der Waals surface area contributed by atoms with E-state index in [1.54, 1.807) is 7.05 Å². The summed E-state index contributed by atoms with van der Waals surface area (Å²) >= 11 is 0. The molecule has 0 amide bonds. The van der Waals surface area contributed by atoms with Gasteiger partial charge in [-0.1, -0.05) is 17.2 Å². The number of aliphatic imine (C=N–C) groups is 1. The van der Waals surface area contributed by atoms with Crippen LogP contribution in [0.4, 0.5) is 0 Å². The standard InChI is InChI=1S/C10H17N/c1-8(2)6-10(7-11-5)9(3)4/h6-7H,1-5H3. The minimum atomic E-state index is 1.22. The summed E-state index contributed by atoms with van der Waals surface area (Å²) in [6.45, 7) is 8.37. The van der Waals surface area contributed by atoms with Gasteiger partial charge in [-0.15, -0.1) is 0 Å². The van der Waals surface area contributed by atoms with Gasteiger partial charge in [0, 0.05) is 13.3 Å². The molecule has 0 saturated carbocycles. The van der Waals surface area contributed by atoms with Crippen LogP contribution in [0, 0.1) is 0 Å². The van der Waals surface area contributed by atoms with Crippen molar-refractivity contribution in [2.75, 3.05) is 7.05 Å². The summed E-state index contributed by atoms with van der Waals surface area (Å²) in [4.78, 5) is 3.98. The molecule has 0 aromatic heterocycles. The van der Waals surface area contributed by atoms with Gasteiger partial charge in [-0.2, -0.15) is 0 Å². The molecule has 0 spiro atoms. The Hall–Kier alpha value is -0.850. The molecule has 0 rings (SSSR count). The minimum absolute atomic E-state index is 1.22. The fraction of sp³-hybridized carbons (Fsp3) is 0.500. The molecule has 0 aliphatic carbocycles. The largest absolute Gasteiger partial charge is 0.296 e. The third kappa shape index (κ3) is 4.54. The molecule has 0 N–H and O–H groups in total. The van der Waals surface area contributed by atoms with E-state index in [0.717, 1.165) is 0 Å². The van der Waals surface area contributed by atoms with E-state index in [1.165, 1.54) is 16.7 Å². The smallest absolute Gasteiger partial charge is 0.0280 e. The van der Waals surface area contributed by atoms with E-state index in [9.17, 15) is 0 Å². The monoisotopic (exact) mass is 151 g/mol. The normalized spacial score (nSPS) is 9.91. The van der Waals surface area contributed by atoms with Crippen molar-refractivity contribution in [1.29, 1.82) is 0 Å². The lowest BCUT2D eigenvalue weighted by molar-refractivity contribution is 1.32. The van der Waals surface area contributed by atoms with Crippen molar-refractivity contribution in [3.8, 4) is 0 Å². The minimum Gasteiger partial charge on any atom is -0.296 e. The number of hydrogen-bond acceptors (Lipinski definition) is 1. The van der Waals surface area contributed by atoms with Crippen LogP contribution in [0.25, 0.3) is 0 Å². The van der Waals surface area contributed by atoms with E-state index in [-0.39, 0.29) is 0 Å². The molecule has 0 atom stereocenters. The predicted octanol–water partition coefficient (Wildman–Crippen LogP) is 2.99. The first-order valence-electron chi connectivity index (χ1n) is 3.82. The Morgan fingerprint density at radius 2 is 1.64 bits per heavy atom. The van der Waals surface area contributed by atoms with E-state index in [2.05, 4.69) is 38.8 Å². The molecule has 0 bridgehead atoms. The quantitative estimate of drug-likeness (QED) is 0.425. The Morgan fingerprint density at radius 1 is 1.09 bits per heavy atom. The summed E-state index contributed by atoms with van der Waals surface area (Å²) in [6, 6.07) is 0. The van der Waals surface area contributed by atoms with Gasteiger partial charge in [-0.25, -0.2) is 0 Å². The predicted molar refractivity (Wildman–Crippen MR) is 52.2 cm³/mol. The number of rotatable bonds is 2. The lowest BCUT2D eigenvalue weighted by Gasteiger charge is -1.97. The topological polar surface area (TPSA) is 12.4 Å². The van der Waals surface area contributed by atoms with Crippen LogP contribution < -0.4 is 0 Å². The molecule has 1 nitrogen and oxygen atoms in total. The zero-order chi connectivity index (χ0) is 8.85. The van der Waals surface area contributed by atoms with E-state index >= 15 is 0 Å². The van der Waals surface area contributed by atoms with Gasteiger partial charge in [-0.3, -0.25) is 4.99 Å². The first kappa shape index (κ1) is 10.2. The van der Waals surface area contributed by atoms with Crippen molar-refractivity contribution in [3.63, 3.8) is 0 Å². The molecule has 0 unspecified atom stereocenters. The van der Waals surface area contributed by atoms with Crippen molar-refractivity contribution in [1.82, 2.24) is 0 Å². The molecule has 0 fully saturated rings. The summed E-state index contributed by atoms with van der Waals surface area (Å²) in [5, 5.41) is 0. The molecule has 62 valence electrons. The summed E-state index contributed by atoms with van der Waals surface area (Å²) in [5.41, 5.74) is 3.82. The lowest BCUT2D eigenvalue weighted by atomic mass is 10.1. The van der Waals surface area contributed by atoms with Gasteiger partial charge in [0.2, 0.25) is 0 Å². The van der Waals surface area contributed by atoms with Gasteiger partial charge < -0.3 is 0 Å². The van der Waals surface area contributed by atoms with Crippen molar-refractivity contribution in [2.24, 2.45) is 4.99 Å². The fourth-order valence-electron chi connectivity index (χ4n) is 0.761. The fourth-order valence-corrected chi connectivity index (χ4v) is 0.761. The van der Waals surface area contributed by atoms with Crippen molar-refractivity contribution < 1.29 is 0 Å². The van der Waals surface area contributed by atoms with Crippen molar-refractivity contribution in [3.05, 3.63) is 22.8 Å². The van der Waals surface area contributed by atoms with E-state index in [0.29, 0.717) is 0 Å². The van der Waals surface area contributed by atoms with Crippen LogP contribution >= 0.6 is 0 Å². The Kier molecular flexibility index (Phi) is 4.51. The van der Waals surface area contributed by atoms with Crippen LogP contribution in [0.15, 0.2) is 27.8 Å². The van der Waals surface area contributed by atoms with Crippen LogP contribution in [-0.2, 0) is 0 Å². The lowest BCUT2D eigenvalue weighted by Crippen LogP contribution is -1.84.